The van der Waals surface area contributed by atoms with Crippen molar-refractivity contribution in [1.82, 2.24) is 0 Å². The Morgan fingerprint density at radius 3 is 2.65 bits per heavy atom. The molecule has 26 heavy (non-hydrogen) atoms. The molecule has 0 saturated carbocycles. The Morgan fingerprint density at radius 2 is 1.81 bits per heavy atom. The van der Waals surface area contributed by atoms with E-state index < -0.39 is 5.72 Å². The Hall–Kier alpha value is -2.48. The molecule has 1 spiro atoms. The lowest BCUT2D eigenvalue weighted by molar-refractivity contribution is 0.0532. The molecule has 2 aromatic carbocycles. The van der Waals surface area contributed by atoms with Gasteiger partial charge >= 0.3 is 0 Å². The van der Waals surface area contributed by atoms with Crippen molar-refractivity contribution in [2.45, 2.75) is 44.2 Å². The highest BCUT2D eigenvalue weighted by Gasteiger charge is 2.58. The molecule has 2 heterocycles. The molecule has 0 aromatic heterocycles. The summed E-state index contributed by atoms with van der Waals surface area (Å²) in [6.45, 7) is 9.42. The first-order valence-corrected chi connectivity index (χ1v) is 9.55. The normalized spacial score (nSPS) is 22.0. The van der Waals surface area contributed by atoms with Crippen LogP contribution in [0.15, 0.2) is 67.3 Å². The smallest absolute Gasteiger partial charge is 0.212 e. The topological polar surface area (TPSA) is 12.5 Å². The van der Waals surface area contributed by atoms with Crippen LogP contribution in [0, 0.1) is 0 Å². The van der Waals surface area contributed by atoms with Gasteiger partial charge in [0.05, 0.1) is 5.41 Å². The third-order valence-electron chi connectivity index (χ3n) is 5.88. The molecule has 2 nitrogen and oxygen atoms in total. The number of rotatable bonds is 5. The summed E-state index contributed by atoms with van der Waals surface area (Å²) < 4.78 is 6.77. The summed E-state index contributed by atoms with van der Waals surface area (Å²) in [5.41, 5.74) is 3.16. The van der Waals surface area contributed by atoms with E-state index in [1.807, 2.05) is 6.08 Å². The van der Waals surface area contributed by atoms with Crippen molar-refractivity contribution in [2.24, 2.45) is 0 Å². The third kappa shape index (κ3) is 2.39. The van der Waals surface area contributed by atoms with Crippen molar-refractivity contribution >= 4 is 11.8 Å². The number of benzene rings is 2. The van der Waals surface area contributed by atoms with Crippen molar-refractivity contribution in [3.8, 4) is 5.75 Å². The number of anilines is 1. The van der Waals surface area contributed by atoms with Gasteiger partial charge in [0.25, 0.3) is 0 Å². The largest absolute Gasteiger partial charge is 0.463 e. The van der Waals surface area contributed by atoms with Gasteiger partial charge in [-0.1, -0.05) is 42.5 Å². The second-order valence-electron chi connectivity index (χ2n) is 7.75. The van der Waals surface area contributed by atoms with Crippen molar-refractivity contribution < 1.29 is 4.74 Å². The molecule has 0 saturated heterocycles. The molecule has 0 radical (unpaired) electrons. The minimum absolute atomic E-state index is 0.147. The standard InChI is InChI=1S/C24H27NO/c1-4-5-6-11-18-25-21-14-9-8-13-20(21)23(2,3)24(25)17-16-19-12-7-10-15-22(19)26-24/h4,7-10,12-17H,1,5-6,11,18H2,2-3H3. The molecule has 2 aliphatic rings. The van der Waals surface area contributed by atoms with Crippen LogP contribution in [0.1, 0.15) is 44.2 Å². The molecule has 0 N–H and O–H groups in total. The molecule has 0 amide bonds. The summed E-state index contributed by atoms with van der Waals surface area (Å²) in [5, 5.41) is 0. The fraction of sp³-hybridized carbons (Fsp3) is 0.333. The van der Waals surface area contributed by atoms with Crippen LogP contribution in [0.4, 0.5) is 5.69 Å². The Bertz CT molecular complexity index is 851. The monoisotopic (exact) mass is 345 g/mol. The van der Waals surface area contributed by atoms with Gasteiger partial charge in [0, 0.05) is 17.8 Å². The predicted molar refractivity (Wildman–Crippen MR) is 110 cm³/mol. The van der Waals surface area contributed by atoms with E-state index in [9.17, 15) is 0 Å². The Labute approximate surface area is 156 Å². The Kier molecular flexibility index (Phi) is 4.14. The molecule has 0 fully saturated rings. The highest BCUT2D eigenvalue weighted by Crippen LogP contribution is 2.54. The number of hydrogen-bond donors (Lipinski definition) is 0. The average molecular weight is 345 g/mol. The molecule has 1 unspecified atom stereocenters. The number of unbranched alkanes of at least 4 members (excludes halogenated alkanes) is 2. The first-order valence-electron chi connectivity index (χ1n) is 9.55. The highest BCUT2D eigenvalue weighted by atomic mass is 16.5. The highest BCUT2D eigenvalue weighted by molar-refractivity contribution is 5.72. The zero-order chi connectivity index (χ0) is 18.2. The fourth-order valence-electron chi connectivity index (χ4n) is 4.39. The van der Waals surface area contributed by atoms with Crippen LogP contribution in [0.2, 0.25) is 0 Å². The van der Waals surface area contributed by atoms with Gasteiger partial charge in [-0.3, -0.25) is 0 Å². The van der Waals surface area contributed by atoms with Crippen LogP contribution in [-0.4, -0.2) is 12.3 Å². The molecule has 2 heteroatoms. The van der Waals surface area contributed by atoms with Crippen molar-refractivity contribution in [2.75, 3.05) is 11.4 Å². The van der Waals surface area contributed by atoms with E-state index in [2.05, 4.69) is 86.0 Å². The van der Waals surface area contributed by atoms with Crippen LogP contribution < -0.4 is 9.64 Å². The molecule has 2 aliphatic heterocycles. The van der Waals surface area contributed by atoms with Crippen LogP contribution in [-0.2, 0) is 5.41 Å². The average Bonchev–Trinajstić information content (AvgIpc) is 2.84. The summed E-state index contributed by atoms with van der Waals surface area (Å²) in [4.78, 5) is 2.47. The van der Waals surface area contributed by atoms with Crippen molar-refractivity contribution in [3.63, 3.8) is 0 Å². The van der Waals surface area contributed by atoms with Gasteiger partial charge in [0.15, 0.2) is 0 Å². The molecule has 2 aromatic rings. The maximum Gasteiger partial charge on any atom is 0.212 e. The quantitative estimate of drug-likeness (QED) is 0.491. The van der Waals surface area contributed by atoms with Gasteiger partial charge in [0.2, 0.25) is 5.72 Å². The lowest BCUT2D eigenvalue weighted by Crippen LogP contribution is -2.59. The summed E-state index contributed by atoms with van der Waals surface area (Å²) in [5.74, 6) is 0.965. The molecule has 134 valence electrons. The van der Waals surface area contributed by atoms with E-state index in [4.69, 9.17) is 4.74 Å². The number of ether oxygens (including phenoxy) is 1. The van der Waals surface area contributed by atoms with Crippen LogP contribution >= 0.6 is 0 Å². The molecule has 0 aliphatic carbocycles. The van der Waals surface area contributed by atoms with Gasteiger partial charge in [-0.05, 0) is 63.0 Å². The van der Waals surface area contributed by atoms with Gasteiger partial charge in [-0.2, -0.15) is 0 Å². The van der Waals surface area contributed by atoms with Gasteiger partial charge < -0.3 is 9.64 Å². The molecule has 0 bridgehead atoms. The van der Waals surface area contributed by atoms with Crippen LogP contribution in [0.3, 0.4) is 0 Å². The second kappa shape index (κ2) is 6.35. The summed E-state index contributed by atoms with van der Waals surface area (Å²) >= 11 is 0. The fourth-order valence-corrected chi connectivity index (χ4v) is 4.39. The number of fused-ring (bicyclic) bond motifs is 2. The van der Waals surface area contributed by atoms with Gasteiger partial charge in [0.1, 0.15) is 5.75 Å². The second-order valence-corrected chi connectivity index (χ2v) is 7.75. The number of allylic oxidation sites excluding steroid dienone is 1. The maximum atomic E-state index is 6.77. The summed E-state index contributed by atoms with van der Waals surface area (Å²) in [6.07, 6.45) is 9.83. The first-order chi connectivity index (χ1) is 12.6. The minimum atomic E-state index is -0.487. The SMILES string of the molecule is C=CCCCCN1c2ccccc2C(C)(C)C12C=Cc1ccccc1O2. The first kappa shape index (κ1) is 17.0. The molecular formula is C24H27NO. The van der Waals surface area contributed by atoms with Crippen molar-refractivity contribution in [3.05, 3.63) is 78.4 Å². The minimum Gasteiger partial charge on any atom is -0.463 e. The van der Waals surface area contributed by atoms with Crippen molar-refractivity contribution in [1.29, 1.82) is 0 Å². The van der Waals surface area contributed by atoms with E-state index in [0.717, 1.165) is 37.1 Å². The van der Waals surface area contributed by atoms with E-state index in [-0.39, 0.29) is 5.41 Å². The lowest BCUT2D eigenvalue weighted by Gasteiger charge is -2.47. The van der Waals surface area contributed by atoms with E-state index in [1.165, 1.54) is 11.3 Å². The van der Waals surface area contributed by atoms with E-state index >= 15 is 0 Å². The van der Waals surface area contributed by atoms with Gasteiger partial charge in [-0.25, -0.2) is 0 Å². The summed E-state index contributed by atoms with van der Waals surface area (Å²) in [7, 11) is 0. The zero-order valence-corrected chi connectivity index (χ0v) is 15.7. The number of para-hydroxylation sites is 2. The Balaban J connectivity index is 1.77. The molecule has 4 rings (SSSR count). The Morgan fingerprint density at radius 1 is 1.04 bits per heavy atom. The summed E-state index contributed by atoms with van der Waals surface area (Å²) in [6, 6.07) is 17.1. The van der Waals surface area contributed by atoms with Gasteiger partial charge in [-0.15, -0.1) is 6.58 Å². The maximum absolute atomic E-state index is 6.77. The van der Waals surface area contributed by atoms with Crippen LogP contribution in [0.5, 0.6) is 5.75 Å². The number of nitrogens with zero attached hydrogens (tertiary/aromatic N) is 1. The van der Waals surface area contributed by atoms with E-state index in [1.54, 1.807) is 0 Å². The van der Waals surface area contributed by atoms with E-state index in [0.29, 0.717) is 0 Å². The lowest BCUT2D eigenvalue weighted by atomic mass is 9.76. The third-order valence-corrected chi connectivity index (χ3v) is 5.88. The molecule has 1 atom stereocenters. The number of hydrogen-bond acceptors (Lipinski definition) is 2. The van der Waals surface area contributed by atoms with Crippen LogP contribution in [0.25, 0.3) is 6.08 Å². The zero-order valence-electron chi connectivity index (χ0n) is 15.7. The predicted octanol–water partition coefficient (Wildman–Crippen LogP) is 5.94. The molecular weight excluding hydrogens is 318 g/mol.